The number of aryl methyl sites for hydroxylation is 2. The monoisotopic (exact) mass is 288 g/mol. The molecule has 0 fully saturated rings. The predicted molar refractivity (Wildman–Crippen MR) is 75.0 cm³/mol. The van der Waals surface area contributed by atoms with Gasteiger partial charge in [0.15, 0.2) is 5.65 Å². The van der Waals surface area contributed by atoms with Gasteiger partial charge in [-0.05, 0) is 32.0 Å². The van der Waals surface area contributed by atoms with Crippen molar-refractivity contribution in [3.05, 3.63) is 46.8 Å². The summed E-state index contributed by atoms with van der Waals surface area (Å²) in [6.45, 7) is 3.70. The number of rotatable bonds is 1. The highest BCUT2D eigenvalue weighted by atomic mass is 35.5. The summed E-state index contributed by atoms with van der Waals surface area (Å²) in [5.74, 6) is -0.447. The van der Waals surface area contributed by atoms with Gasteiger partial charge in [-0.3, -0.25) is 0 Å². The third-order valence-electron chi connectivity index (χ3n) is 3.07. The Balaban J connectivity index is 2.33. The lowest BCUT2D eigenvalue weighted by molar-refractivity contribution is 0.631. The van der Waals surface area contributed by atoms with Crippen molar-refractivity contribution in [1.29, 1.82) is 0 Å². The van der Waals surface area contributed by atoms with E-state index in [-0.39, 0.29) is 0 Å². The summed E-state index contributed by atoms with van der Waals surface area (Å²) < 4.78 is 14.1. The number of aromatic nitrogens is 4. The van der Waals surface area contributed by atoms with Crippen molar-refractivity contribution in [3.8, 4) is 11.3 Å². The zero-order valence-electron chi connectivity index (χ0n) is 10.9. The summed E-state index contributed by atoms with van der Waals surface area (Å²) in [5, 5.41) is 0.336. The number of halogens is 2. The van der Waals surface area contributed by atoms with E-state index in [1.165, 1.54) is 12.4 Å². The Morgan fingerprint density at radius 3 is 2.55 bits per heavy atom. The molecule has 3 rings (SSSR count). The summed E-state index contributed by atoms with van der Waals surface area (Å²) in [6.07, 6.45) is 1.36. The third kappa shape index (κ3) is 2.10. The molecule has 0 aliphatic rings. The molecule has 6 heteroatoms. The maximum absolute atomic E-state index is 14.1. The van der Waals surface area contributed by atoms with Crippen LogP contribution in [-0.4, -0.2) is 19.9 Å². The molecule has 0 atom stereocenters. The topological polar surface area (TPSA) is 51.6 Å². The van der Waals surface area contributed by atoms with Crippen LogP contribution in [0.25, 0.3) is 22.4 Å². The average Bonchev–Trinajstić information content (AvgIpc) is 2.40. The quantitative estimate of drug-likeness (QED) is 0.688. The first-order valence-electron chi connectivity index (χ1n) is 5.97. The lowest BCUT2D eigenvalue weighted by atomic mass is 10.1. The van der Waals surface area contributed by atoms with Crippen LogP contribution in [-0.2, 0) is 0 Å². The van der Waals surface area contributed by atoms with Crippen molar-refractivity contribution in [1.82, 2.24) is 19.9 Å². The molecule has 0 spiro atoms. The van der Waals surface area contributed by atoms with Gasteiger partial charge in [-0.2, -0.15) is 0 Å². The molecule has 0 N–H and O–H groups in total. The second kappa shape index (κ2) is 4.76. The summed E-state index contributed by atoms with van der Waals surface area (Å²) in [7, 11) is 0. The van der Waals surface area contributed by atoms with Crippen molar-refractivity contribution in [2.24, 2.45) is 0 Å². The number of hydrogen-bond donors (Lipinski definition) is 0. The first-order valence-corrected chi connectivity index (χ1v) is 6.35. The Kier molecular flexibility index (Phi) is 3.06. The van der Waals surface area contributed by atoms with Gasteiger partial charge in [-0.25, -0.2) is 24.3 Å². The first-order chi connectivity index (χ1) is 9.56. The number of fused-ring (bicyclic) bond motifs is 1. The van der Waals surface area contributed by atoms with E-state index in [0.29, 0.717) is 27.4 Å². The summed E-state index contributed by atoms with van der Waals surface area (Å²) in [6, 6.07) is 4.44. The molecule has 0 saturated heterocycles. The van der Waals surface area contributed by atoms with Gasteiger partial charge in [-0.1, -0.05) is 11.6 Å². The van der Waals surface area contributed by atoms with Crippen LogP contribution in [0.3, 0.4) is 0 Å². The lowest BCUT2D eigenvalue weighted by Gasteiger charge is -2.07. The maximum Gasteiger partial charge on any atom is 0.182 e. The highest BCUT2D eigenvalue weighted by molar-refractivity contribution is 6.30. The second-order valence-electron chi connectivity index (χ2n) is 4.41. The molecule has 100 valence electrons. The van der Waals surface area contributed by atoms with Crippen LogP contribution < -0.4 is 0 Å². The van der Waals surface area contributed by atoms with Crippen molar-refractivity contribution >= 4 is 22.8 Å². The molecule has 20 heavy (non-hydrogen) atoms. The maximum atomic E-state index is 14.1. The molecular formula is C14H10ClFN4. The molecule has 4 nitrogen and oxygen atoms in total. The summed E-state index contributed by atoms with van der Waals surface area (Å²) in [5.41, 5.74) is 3.24. The standard InChI is InChI=1S/C14H10ClFN4/c1-7-8(2)20-14-13(19-7)12(17-6-18-14)10-4-3-9(15)5-11(10)16/h3-6H,1-2H3. The smallest absolute Gasteiger partial charge is 0.182 e. The molecule has 0 unspecified atom stereocenters. The lowest BCUT2D eigenvalue weighted by Crippen LogP contribution is -1.99. The largest absolute Gasteiger partial charge is 0.246 e. The van der Waals surface area contributed by atoms with E-state index in [0.717, 1.165) is 11.4 Å². The molecule has 1 aromatic carbocycles. The van der Waals surface area contributed by atoms with E-state index in [1.54, 1.807) is 12.1 Å². The third-order valence-corrected chi connectivity index (χ3v) is 3.30. The molecule has 2 heterocycles. The summed E-state index contributed by atoms with van der Waals surface area (Å²) >= 11 is 5.77. The van der Waals surface area contributed by atoms with E-state index in [4.69, 9.17) is 11.6 Å². The zero-order valence-corrected chi connectivity index (χ0v) is 11.6. The molecule has 0 radical (unpaired) electrons. The second-order valence-corrected chi connectivity index (χ2v) is 4.85. The van der Waals surface area contributed by atoms with E-state index >= 15 is 0 Å². The zero-order chi connectivity index (χ0) is 14.3. The van der Waals surface area contributed by atoms with Gasteiger partial charge in [0, 0.05) is 10.6 Å². The van der Waals surface area contributed by atoms with Crippen LogP contribution in [0.1, 0.15) is 11.4 Å². The number of benzene rings is 1. The Morgan fingerprint density at radius 1 is 1.05 bits per heavy atom. The molecule has 0 aliphatic heterocycles. The highest BCUT2D eigenvalue weighted by Gasteiger charge is 2.14. The van der Waals surface area contributed by atoms with Crippen molar-refractivity contribution < 1.29 is 4.39 Å². The Bertz CT molecular complexity index is 820. The first kappa shape index (κ1) is 12.9. The fourth-order valence-corrected chi connectivity index (χ4v) is 2.08. The minimum absolute atomic E-state index is 0.333. The minimum atomic E-state index is -0.447. The van der Waals surface area contributed by atoms with Gasteiger partial charge < -0.3 is 0 Å². The molecule has 3 aromatic rings. The highest BCUT2D eigenvalue weighted by Crippen LogP contribution is 2.27. The van der Waals surface area contributed by atoms with E-state index in [9.17, 15) is 4.39 Å². The van der Waals surface area contributed by atoms with Gasteiger partial charge in [0.2, 0.25) is 0 Å². The SMILES string of the molecule is Cc1nc2ncnc(-c3ccc(Cl)cc3F)c2nc1C. The molecule has 0 bridgehead atoms. The number of hydrogen-bond acceptors (Lipinski definition) is 4. The van der Waals surface area contributed by atoms with Crippen LogP contribution in [0.5, 0.6) is 0 Å². The Labute approximate surface area is 119 Å². The van der Waals surface area contributed by atoms with E-state index in [1.807, 2.05) is 13.8 Å². The Hall–Kier alpha value is -2.14. The van der Waals surface area contributed by atoms with Crippen LogP contribution in [0, 0.1) is 19.7 Å². The fraction of sp³-hybridized carbons (Fsp3) is 0.143. The Morgan fingerprint density at radius 2 is 1.80 bits per heavy atom. The molecule has 0 saturated carbocycles. The van der Waals surface area contributed by atoms with Gasteiger partial charge >= 0.3 is 0 Å². The van der Waals surface area contributed by atoms with Gasteiger partial charge in [0.05, 0.1) is 11.4 Å². The van der Waals surface area contributed by atoms with Crippen molar-refractivity contribution in [3.63, 3.8) is 0 Å². The normalized spacial score (nSPS) is 11.0. The number of nitrogens with zero attached hydrogens (tertiary/aromatic N) is 4. The molecular weight excluding hydrogens is 279 g/mol. The van der Waals surface area contributed by atoms with Gasteiger partial charge in [0.1, 0.15) is 23.4 Å². The average molecular weight is 289 g/mol. The van der Waals surface area contributed by atoms with Gasteiger partial charge in [-0.15, -0.1) is 0 Å². The van der Waals surface area contributed by atoms with E-state index < -0.39 is 5.82 Å². The molecule has 0 aliphatic carbocycles. The summed E-state index contributed by atoms with van der Waals surface area (Å²) in [4.78, 5) is 17.0. The van der Waals surface area contributed by atoms with Crippen LogP contribution in [0.15, 0.2) is 24.5 Å². The van der Waals surface area contributed by atoms with Crippen LogP contribution in [0.4, 0.5) is 4.39 Å². The van der Waals surface area contributed by atoms with Crippen molar-refractivity contribution in [2.45, 2.75) is 13.8 Å². The molecule has 2 aromatic heterocycles. The van der Waals surface area contributed by atoms with Crippen molar-refractivity contribution in [2.75, 3.05) is 0 Å². The fourth-order valence-electron chi connectivity index (χ4n) is 1.92. The molecule has 0 amide bonds. The minimum Gasteiger partial charge on any atom is -0.246 e. The van der Waals surface area contributed by atoms with Gasteiger partial charge in [0.25, 0.3) is 0 Å². The van der Waals surface area contributed by atoms with Crippen LogP contribution in [0.2, 0.25) is 5.02 Å². The van der Waals surface area contributed by atoms with Crippen LogP contribution >= 0.6 is 11.6 Å². The predicted octanol–water partition coefficient (Wildman–Crippen LogP) is 3.50. The van der Waals surface area contributed by atoms with E-state index in [2.05, 4.69) is 19.9 Å².